The van der Waals surface area contributed by atoms with Crippen LogP contribution in [0.1, 0.15) is 53.9 Å². The number of carbonyl (C=O) groups is 3. The highest BCUT2D eigenvalue weighted by Crippen LogP contribution is 2.33. The summed E-state index contributed by atoms with van der Waals surface area (Å²) >= 11 is 1.58. The third-order valence-corrected chi connectivity index (χ3v) is 6.94. The quantitative estimate of drug-likeness (QED) is 0.421. The smallest absolute Gasteiger partial charge is 0.308 e. The average molecular weight is 468 g/mol. The standard InChI is InChI=1S/C24H25N3O5S/c1-14(28)16-7-3-5-9-18(16)26-22(30)15(2)32-20(29)11-12-27-13-25-23-21(24(27)31)17-8-4-6-10-19(17)33-23/h3,5,7,9,13,15H,4,6,8,10-12H2,1-2H3,(H,26,30). The van der Waals surface area contributed by atoms with Gasteiger partial charge in [-0.3, -0.25) is 23.7 Å². The summed E-state index contributed by atoms with van der Waals surface area (Å²) in [4.78, 5) is 55.9. The molecule has 0 saturated carbocycles. The largest absolute Gasteiger partial charge is 0.452 e. The molecule has 172 valence electrons. The average Bonchev–Trinajstić information content (AvgIpc) is 3.18. The molecule has 0 saturated heterocycles. The molecule has 1 aromatic carbocycles. The molecule has 1 atom stereocenters. The number of hydrogen-bond acceptors (Lipinski definition) is 7. The van der Waals surface area contributed by atoms with E-state index in [-0.39, 0.29) is 24.3 Å². The first-order valence-corrected chi connectivity index (χ1v) is 11.8. The van der Waals surface area contributed by atoms with Crippen LogP contribution in [-0.2, 0) is 33.7 Å². The predicted octanol–water partition coefficient (Wildman–Crippen LogP) is 3.50. The number of Topliss-reactive ketones (excluding diaryl/α,β-unsaturated/α-hetero) is 1. The Balaban J connectivity index is 1.38. The number of benzene rings is 1. The number of ether oxygens (including phenoxy) is 1. The first-order valence-electron chi connectivity index (χ1n) is 10.9. The van der Waals surface area contributed by atoms with Gasteiger partial charge in [0.15, 0.2) is 11.9 Å². The van der Waals surface area contributed by atoms with Crippen LogP contribution in [-0.4, -0.2) is 33.3 Å². The Kier molecular flexibility index (Phi) is 6.69. The number of rotatable bonds is 7. The minimum atomic E-state index is -1.06. The minimum absolute atomic E-state index is 0.0684. The van der Waals surface area contributed by atoms with E-state index < -0.39 is 18.0 Å². The lowest BCUT2D eigenvalue weighted by Gasteiger charge is -2.15. The third kappa shape index (κ3) is 4.88. The van der Waals surface area contributed by atoms with Gasteiger partial charge in [-0.15, -0.1) is 11.3 Å². The van der Waals surface area contributed by atoms with Crippen LogP contribution in [0.15, 0.2) is 35.4 Å². The third-order valence-electron chi connectivity index (χ3n) is 5.74. The van der Waals surface area contributed by atoms with Crippen molar-refractivity contribution < 1.29 is 19.1 Å². The summed E-state index contributed by atoms with van der Waals surface area (Å²) in [5.74, 6) is -1.32. The molecule has 0 aliphatic heterocycles. The fraction of sp³-hybridized carbons (Fsp3) is 0.375. The maximum absolute atomic E-state index is 13.0. The van der Waals surface area contributed by atoms with E-state index in [2.05, 4.69) is 10.3 Å². The highest BCUT2D eigenvalue weighted by molar-refractivity contribution is 7.18. The zero-order valence-electron chi connectivity index (χ0n) is 18.6. The number of thiophene rings is 1. The lowest BCUT2D eigenvalue weighted by molar-refractivity contribution is -0.153. The van der Waals surface area contributed by atoms with E-state index in [0.29, 0.717) is 16.6 Å². The number of hydrogen-bond donors (Lipinski definition) is 1. The van der Waals surface area contributed by atoms with Gasteiger partial charge in [-0.25, -0.2) is 4.98 Å². The van der Waals surface area contributed by atoms with Crippen LogP contribution in [0.5, 0.6) is 0 Å². The number of para-hydroxylation sites is 1. The Morgan fingerprint density at radius 1 is 1.21 bits per heavy atom. The molecule has 9 heteroatoms. The van der Waals surface area contributed by atoms with Gasteiger partial charge < -0.3 is 10.1 Å². The van der Waals surface area contributed by atoms with Gasteiger partial charge in [0, 0.05) is 17.0 Å². The predicted molar refractivity (Wildman–Crippen MR) is 126 cm³/mol. The lowest BCUT2D eigenvalue weighted by Crippen LogP contribution is -2.31. The van der Waals surface area contributed by atoms with Gasteiger partial charge in [0.1, 0.15) is 4.83 Å². The van der Waals surface area contributed by atoms with E-state index in [1.54, 1.807) is 35.6 Å². The molecule has 0 radical (unpaired) electrons. The number of aryl methyl sites for hydroxylation is 3. The number of anilines is 1. The maximum Gasteiger partial charge on any atom is 0.308 e. The Morgan fingerprint density at radius 2 is 1.97 bits per heavy atom. The highest BCUT2D eigenvalue weighted by Gasteiger charge is 2.22. The van der Waals surface area contributed by atoms with Gasteiger partial charge in [-0.05, 0) is 57.2 Å². The van der Waals surface area contributed by atoms with Crippen molar-refractivity contribution in [3.05, 3.63) is 57.0 Å². The van der Waals surface area contributed by atoms with Crippen LogP contribution in [0, 0.1) is 0 Å². The fourth-order valence-electron chi connectivity index (χ4n) is 4.00. The summed E-state index contributed by atoms with van der Waals surface area (Å²) in [6, 6.07) is 6.63. The molecule has 33 heavy (non-hydrogen) atoms. The van der Waals surface area contributed by atoms with E-state index in [4.69, 9.17) is 4.74 Å². The fourth-order valence-corrected chi connectivity index (χ4v) is 5.21. The molecule has 1 aliphatic carbocycles. The SMILES string of the molecule is CC(=O)c1ccccc1NC(=O)C(C)OC(=O)CCn1cnc2sc3c(c2c1=O)CCCC3. The first kappa shape index (κ1) is 22.8. The number of esters is 1. The molecule has 1 N–H and O–H groups in total. The molecule has 0 spiro atoms. The molecule has 4 rings (SSSR count). The zero-order valence-corrected chi connectivity index (χ0v) is 19.4. The van der Waals surface area contributed by atoms with Crippen LogP contribution in [0.2, 0.25) is 0 Å². The molecule has 0 bridgehead atoms. The zero-order chi connectivity index (χ0) is 23.5. The van der Waals surface area contributed by atoms with Crippen molar-refractivity contribution in [3.8, 4) is 0 Å². The summed E-state index contributed by atoms with van der Waals surface area (Å²) in [6.45, 7) is 2.99. The number of ketones is 1. The number of amides is 1. The molecule has 3 aromatic rings. The summed E-state index contributed by atoms with van der Waals surface area (Å²) in [5.41, 5.74) is 1.70. The van der Waals surface area contributed by atoms with Crippen LogP contribution in [0.25, 0.3) is 10.2 Å². The number of nitrogens with one attached hydrogen (secondary N) is 1. The monoisotopic (exact) mass is 467 g/mol. The lowest BCUT2D eigenvalue weighted by atomic mass is 9.97. The number of carbonyl (C=O) groups excluding carboxylic acids is 3. The first-order chi connectivity index (χ1) is 15.8. The highest BCUT2D eigenvalue weighted by atomic mass is 32.1. The second kappa shape index (κ2) is 9.66. The molecule has 1 unspecified atom stereocenters. The van der Waals surface area contributed by atoms with Crippen LogP contribution >= 0.6 is 11.3 Å². The van der Waals surface area contributed by atoms with Crippen LogP contribution < -0.4 is 10.9 Å². The molecular weight excluding hydrogens is 442 g/mol. The molecule has 1 aliphatic rings. The van der Waals surface area contributed by atoms with Gasteiger partial charge in [0.05, 0.1) is 23.8 Å². The maximum atomic E-state index is 13.0. The second-order valence-corrected chi connectivity index (χ2v) is 9.19. The molecule has 8 nitrogen and oxygen atoms in total. The Labute approximate surface area is 194 Å². The minimum Gasteiger partial charge on any atom is -0.452 e. The number of aromatic nitrogens is 2. The van der Waals surface area contributed by atoms with Gasteiger partial charge in [0.25, 0.3) is 11.5 Å². The van der Waals surface area contributed by atoms with Crippen LogP contribution in [0.3, 0.4) is 0 Å². The summed E-state index contributed by atoms with van der Waals surface area (Å²) in [6.07, 6.45) is 4.41. The Hall–Kier alpha value is -3.33. The van der Waals surface area contributed by atoms with E-state index in [1.807, 2.05) is 0 Å². The van der Waals surface area contributed by atoms with E-state index in [1.165, 1.54) is 29.6 Å². The summed E-state index contributed by atoms with van der Waals surface area (Å²) in [5, 5.41) is 3.29. The van der Waals surface area contributed by atoms with Crippen molar-refractivity contribution in [3.63, 3.8) is 0 Å². The molecule has 2 aromatic heterocycles. The van der Waals surface area contributed by atoms with Crippen molar-refractivity contribution >= 4 is 44.9 Å². The second-order valence-electron chi connectivity index (χ2n) is 8.11. The van der Waals surface area contributed by atoms with Crippen LogP contribution in [0.4, 0.5) is 5.69 Å². The Morgan fingerprint density at radius 3 is 2.76 bits per heavy atom. The van der Waals surface area contributed by atoms with Gasteiger partial charge >= 0.3 is 5.97 Å². The van der Waals surface area contributed by atoms with Crippen molar-refractivity contribution in [1.82, 2.24) is 9.55 Å². The van der Waals surface area contributed by atoms with Crippen molar-refractivity contribution in [2.75, 3.05) is 5.32 Å². The topological polar surface area (TPSA) is 107 Å². The van der Waals surface area contributed by atoms with Crippen molar-refractivity contribution in [1.29, 1.82) is 0 Å². The van der Waals surface area contributed by atoms with E-state index >= 15 is 0 Å². The van der Waals surface area contributed by atoms with E-state index in [0.717, 1.165) is 36.1 Å². The van der Waals surface area contributed by atoms with Crippen molar-refractivity contribution in [2.24, 2.45) is 0 Å². The molecular formula is C24H25N3O5S. The molecule has 2 heterocycles. The molecule has 0 fully saturated rings. The summed E-state index contributed by atoms with van der Waals surface area (Å²) in [7, 11) is 0. The normalized spacial score (nSPS) is 13.9. The van der Waals surface area contributed by atoms with Gasteiger partial charge in [-0.2, -0.15) is 0 Å². The number of nitrogens with zero attached hydrogens (tertiary/aromatic N) is 2. The number of fused-ring (bicyclic) bond motifs is 3. The van der Waals surface area contributed by atoms with Crippen molar-refractivity contribution in [2.45, 2.75) is 58.6 Å². The Bertz CT molecular complexity index is 1290. The summed E-state index contributed by atoms with van der Waals surface area (Å²) < 4.78 is 6.67. The molecule has 1 amide bonds. The van der Waals surface area contributed by atoms with Gasteiger partial charge in [-0.1, -0.05) is 12.1 Å². The van der Waals surface area contributed by atoms with E-state index in [9.17, 15) is 19.2 Å². The van der Waals surface area contributed by atoms with Gasteiger partial charge in [0.2, 0.25) is 0 Å².